The number of unbranched alkanes of at least 4 members (excludes halogenated alkanes) is 1. The molecule has 0 spiro atoms. The number of alkyl halides is 1. The zero-order valence-electron chi connectivity index (χ0n) is 10.9. The van der Waals surface area contributed by atoms with Gasteiger partial charge < -0.3 is 0 Å². The van der Waals surface area contributed by atoms with Crippen LogP contribution >= 0.6 is 15.9 Å². The topological polar surface area (TPSA) is 17.1 Å². The summed E-state index contributed by atoms with van der Waals surface area (Å²) in [5.41, 5.74) is 1.07. The van der Waals surface area contributed by atoms with Gasteiger partial charge in [-0.1, -0.05) is 73.5 Å². The van der Waals surface area contributed by atoms with Gasteiger partial charge in [0, 0.05) is 6.42 Å². The molecule has 1 aromatic carbocycles. The number of ketones is 1. The number of hydrogen-bond acceptors (Lipinski definition) is 1. The quantitative estimate of drug-likeness (QED) is 0.696. The average molecular weight is 297 g/mol. The number of carbonyl (C=O) groups is 1. The van der Waals surface area contributed by atoms with E-state index in [2.05, 4.69) is 36.7 Å². The van der Waals surface area contributed by atoms with E-state index in [-0.39, 0.29) is 5.92 Å². The van der Waals surface area contributed by atoms with Crippen LogP contribution in [0.4, 0.5) is 0 Å². The summed E-state index contributed by atoms with van der Waals surface area (Å²) in [7, 11) is 0. The van der Waals surface area contributed by atoms with E-state index < -0.39 is 4.32 Å². The van der Waals surface area contributed by atoms with Gasteiger partial charge in [-0.25, -0.2) is 0 Å². The maximum absolute atomic E-state index is 12.4. The number of Topliss-reactive ketones (excluding diaryl/α,β-unsaturated/α-hetero) is 1. The van der Waals surface area contributed by atoms with Crippen molar-refractivity contribution in [3.05, 3.63) is 35.9 Å². The van der Waals surface area contributed by atoms with E-state index in [1.54, 1.807) is 0 Å². The molecular formula is C15H21BrO. The van der Waals surface area contributed by atoms with E-state index in [9.17, 15) is 4.79 Å². The van der Waals surface area contributed by atoms with Crippen LogP contribution in [0.2, 0.25) is 0 Å². The molecule has 1 unspecified atom stereocenters. The maximum Gasteiger partial charge on any atom is 0.154 e. The minimum atomic E-state index is -0.524. The van der Waals surface area contributed by atoms with Crippen molar-refractivity contribution in [3.8, 4) is 0 Å². The Bertz CT molecular complexity index is 358. The molecule has 1 atom stereocenters. The predicted octanol–water partition coefficient (Wildman–Crippen LogP) is 4.69. The van der Waals surface area contributed by atoms with Crippen molar-refractivity contribution in [3.63, 3.8) is 0 Å². The molecule has 1 nitrogen and oxygen atoms in total. The van der Waals surface area contributed by atoms with Gasteiger partial charge in [-0.15, -0.1) is 0 Å². The summed E-state index contributed by atoms with van der Waals surface area (Å²) in [5, 5.41) is 0. The zero-order valence-corrected chi connectivity index (χ0v) is 12.5. The third-order valence-corrected chi connectivity index (χ3v) is 4.97. The molecule has 0 aliphatic carbocycles. The highest BCUT2D eigenvalue weighted by Gasteiger charge is 2.39. The summed E-state index contributed by atoms with van der Waals surface area (Å²) >= 11 is 3.70. The van der Waals surface area contributed by atoms with Crippen molar-refractivity contribution in [1.29, 1.82) is 0 Å². The molecule has 0 radical (unpaired) electrons. The van der Waals surface area contributed by atoms with Gasteiger partial charge in [0.05, 0.1) is 0 Å². The molecule has 0 fully saturated rings. The standard InChI is InChI=1S/C15H21BrO/c1-4-5-11-14(17)15(16,12(2)3)13-9-7-6-8-10-13/h6-10,12H,4-5,11H2,1-3H3. The number of carbonyl (C=O) groups excluding carboxylic acids is 1. The van der Waals surface area contributed by atoms with Crippen LogP contribution in [0.1, 0.15) is 45.6 Å². The Morgan fingerprint density at radius 3 is 2.35 bits per heavy atom. The maximum atomic E-state index is 12.4. The highest BCUT2D eigenvalue weighted by atomic mass is 79.9. The molecule has 0 heterocycles. The van der Waals surface area contributed by atoms with E-state index in [1.165, 1.54) is 0 Å². The fourth-order valence-corrected chi connectivity index (χ4v) is 2.48. The molecule has 17 heavy (non-hydrogen) atoms. The molecule has 0 aliphatic heterocycles. The first kappa shape index (κ1) is 14.4. The van der Waals surface area contributed by atoms with Crippen LogP contribution in [-0.4, -0.2) is 5.78 Å². The molecule has 0 saturated carbocycles. The smallest absolute Gasteiger partial charge is 0.154 e. The van der Waals surface area contributed by atoms with Gasteiger partial charge in [-0.05, 0) is 17.9 Å². The Hall–Kier alpha value is -0.630. The highest BCUT2D eigenvalue weighted by molar-refractivity contribution is 9.10. The second-order valence-electron chi connectivity index (χ2n) is 4.76. The number of rotatable bonds is 6. The summed E-state index contributed by atoms with van der Waals surface area (Å²) in [6.45, 7) is 6.29. The molecular weight excluding hydrogens is 276 g/mol. The van der Waals surface area contributed by atoms with E-state index >= 15 is 0 Å². The van der Waals surface area contributed by atoms with E-state index in [4.69, 9.17) is 0 Å². The minimum absolute atomic E-state index is 0.245. The number of benzene rings is 1. The zero-order chi connectivity index (χ0) is 12.9. The van der Waals surface area contributed by atoms with Gasteiger partial charge in [0.25, 0.3) is 0 Å². The van der Waals surface area contributed by atoms with E-state index in [0.717, 1.165) is 18.4 Å². The average Bonchev–Trinajstić information content (AvgIpc) is 2.35. The monoisotopic (exact) mass is 296 g/mol. The van der Waals surface area contributed by atoms with Gasteiger partial charge in [0.15, 0.2) is 5.78 Å². The van der Waals surface area contributed by atoms with E-state index in [1.807, 2.05) is 30.3 Å². The third-order valence-electron chi connectivity index (χ3n) is 3.15. The molecule has 0 N–H and O–H groups in total. The summed E-state index contributed by atoms with van der Waals surface area (Å²) in [4.78, 5) is 12.4. The normalized spacial score (nSPS) is 14.6. The van der Waals surface area contributed by atoms with Crippen molar-refractivity contribution >= 4 is 21.7 Å². The van der Waals surface area contributed by atoms with Crippen molar-refractivity contribution in [2.45, 2.75) is 44.4 Å². The minimum Gasteiger partial charge on any atom is -0.298 e. The lowest BCUT2D eigenvalue weighted by Gasteiger charge is -2.31. The highest BCUT2D eigenvalue weighted by Crippen LogP contribution is 2.40. The van der Waals surface area contributed by atoms with E-state index in [0.29, 0.717) is 12.2 Å². The van der Waals surface area contributed by atoms with Crippen molar-refractivity contribution < 1.29 is 4.79 Å². The fourth-order valence-electron chi connectivity index (χ4n) is 2.02. The van der Waals surface area contributed by atoms with Crippen LogP contribution in [0.3, 0.4) is 0 Å². The molecule has 2 heteroatoms. The Morgan fingerprint density at radius 1 is 1.29 bits per heavy atom. The summed E-state index contributed by atoms with van der Waals surface area (Å²) in [6, 6.07) is 10.0. The molecule has 0 aliphatic rings. The van der Waals surface area contributed by atoms with Crippen LogP contribution < -0.4 is 0 Å². The number of hydrogen-bond donors (Lipinski definition) is 0. The van der Waals surface area contributed by atoms with Crippen LogP contribution in [-0.2, 0) is 9.12 Å². The molecule has 0 aromatic heterocycles. The molecule has 0 saturated heterocycles. The van der Waals surface area contributed by atoms with Gasteiger partial charge in [-0.3, -0.25) is 4.79 Å². The largest absolute Gasteiger partial charge is 0.298 e. The lowest BCUT2D eigenvalue weighted by Crippen LogP contribution is -2.34. The van der Waals surface area contributed by atoms with Gasteiger partial charge in [-0.2, -0.15) is 0 Å². The Morgan fingerprint density at radius 2 is 1.88 bits per heavy atom. The predicted molar refractivity (Wildman–Crippen MR) is 76.4 cm³/mol. The lowest BCUT2D eigenvalue weighted by atomic mass is 9.83. The van der Waals surface area contributed by atoms with Crippen molar-refractivity contribution in [2.24, 2.45) is 5.92 Å². The van der Waals surface area contributed by atoms with Gasteiger partial charge >= 0.3 is 0 Å². The molecule has 94 valence electrons. The second kappa shape index (κ2) is 6.34. The summed E-state index contributed by atoms with van der Waals surface area (Å²) in [6.07, 6.45) is 2.67. The lowest BCUT2D eigenvalue weighted by molar-refractivity contribution is -0.122. The summed E-state index contributed by atoms with van der Waals surface area (Å²) in [5.74, 6) is 0.537. The van der Waals surface area contributed by atoms with Crippen LogP contribution in [0.5, 0.6) is 0 Å². The Balaban J connectivity index is 3.02. The van der Waals surface area contributed by atoms with Crippen LogP contribution in [0, 0.1) is 5.92 Å². The van der Waals surface area contributed by atoms with Gasteiger partial charge in [0.2, 0.25) is 0 Å². The first-order valence-corrected chi connectivity index (χ1v) is 7.10. The van der Waals surface area contributed by atoms with Crippen LogP contribution in [0.15, 0.2) is 30.3 Å². The molecule has 0 amide bonds. The first-order chi connectivity index (χ1) is 8.03. The SMILES string of the molecule is CCCCC(=O)C(Br)(c1ccccc1)C(C)C. The van der Waals surface area contributed by atoms with Crippen LogP contribution in [0.25, 0.3) is 0 Å². The third kappa shape index (κ3) is 3.19. The molecule has 1 rings (SSSR count). The second-order valence-corrected chi connectivity index (χ2v) is 6.01. The molecule has 1 aromatic rings. The number of halogens is 1. The summed E-state index contributed by atoms with van der Waals surface area (Å²) < 4.78 is -0.524. The fraction of sp³-hybridized carbons (Fsp3) is 0.533. The van der Waals surface area contributed by atoms with Crippen molar-refractivity contribution in [2.75, 3.05) is 0 Å². The molecule has 0 bridgehead atoms. The van der Waals surface area contributed by atoms with Crippen molar-refractivity contribution in [1.82, 2.24) is 0 Å². The first-order valence-electron chi connectivity index (χ1n) is 6.31. The Kier molecular flexibility index (Phi) is 5.38. The Labute approximate surface area is 113 Å². The van der Waals surface area contributed by atoms with Gasteiger partial charge in [0.1, 0.15) is 4.32 Å².